The Labute approximate surface area is 206 Å². The maximum absolute atomic E-state index is 6.11. The Morgan fingerprint density at radius 1 is 1.29 bits per heavy atom. The molecular formula is C27H35N7O. The van der Waals surface area contributed by atoms with Crippen LogP contribution in [0.2, 0.25) is 0 Å². The summed E-state index contributed by atoms with van der Waals surface area (Å²) in [6, 6.07) is 13.0. The third-order valence-corrected chi connectivity index (χ3v) is 7.07. The molecule has 1 fully saturated rings. The van der Waals surface area contributed by atoms with Crippen molar-refractivity contribution in [2.75, 3.05) is 19.4 Å². The van der Waals surface area contributed by atoms with Crippen molar-refractivity contribution in [3.05, 3.63) is 71.1 Å². The molecule has 2 heterocycles. The van der Waals surface area contributed by atoms with Gasteiger partial charge < -0.3 is 15.8 Å². The average Bonchev–Trinajstić information content (AvgIpc) is 3.36. The number of nitrogen functional groups attached to an aromatic ring is 1. The first-order chi connectivity index (χ1) is 17.1. The number of anilines is 1. The fraction of sp³-hybridized carbons (Fsp3) is 0.407. The van der Waals surface area contributed by atoms with Crippen molar-refractivity contribution in [3.63, 3.8) is 0 Å². The first kappa shape index (κ1) is 24.6. The van der Waals surface area contributed by atoms with Gasteiger partial charge in [-0.25, -0.2) is 10.1 Å². The van der Waals surface area contributed by atoms with Crippen LogP contribution in [0.4, 0.5) is 5.82 Å². The molecule has 1 unspecified atom stereocenters. The topological polar surface area (TPSA) is 114 Å². The zero-order chi connectivity index (χ0) is 24.6. The maximum Gasteiger partial charge on any atom is 0.178 e. The largest absolute Gasteiger partial charge is 0.497 e. The molecule has 2 aromatic heterocycles. The average molecular weight is 474 g/mol. The highest BCUT2D eigenvalue weighted by Crippen LogP contribution is 2.34. The quantitative estimate of drug-likeness (QED) is 0.223. The number of rotatable bonds is 10. The van der Waals surface area contributed by atoms with Crippen LogP contribution >= 0.6 is 0 Å². The molecule has 0 amide bonds. The predicted octanol–water partition coefficient (Wildman–Crippen LogP) is 4.74. The van der Waals surface area contributed by atoms with Crippen LogP contribution in [-0.2, 0) is 4.74 Å². The van der Waals surface area contributed by atoms with Crippen LogP contribution < -0.4 is 11.1 Å². The number of hydrogen-bond acceptors (Lipinski definition) is 7. The normalized spacial score (nSPS) is 20.1. The summed E-state index contributed by atoms with van der Waals surface area (Å²) in [5, 5.41) is 14.9. The molecule has 1 aromatic carbocycles. The van der Waals surface area contributed by atoms with Crippen molar-refractivity contribution in [1.29, 1.82) is 0 Å². The van der Waals surface area contributed by atoms with Gasteiger partial charge in [0.25, 0.3) is 0 Å². The Hall–Kier alpha value is -3.52. The Bertz CT molecular complexity index is 1180. The highest BCUT2D eigenvalue weighted by molar-refractivity contribution is 5.77. The Morgan fingerprint density at radius 3 is 2.77 bits per heavy atom. The number of H-pyrrole nitrogens is 1. The molecule has 4 rings (SSSR count). The standard InChI is InChI=1S/C27H35N7O/c1-18(24(35-3)14-15-29-2)19-9-11-21(12-10-19)30-16-13-22(20-7-5-4-6-8-20)23-17-25(28)31-27-26(23)32-34-33-27/h4-8,14-15,17,19,21-22,30H,2,9-13,16H2,1,3H3,(H3,28,31,32,33,34)/b15-14-,24-18-/t19-,21-,22?. The van der Waals surface area contributed by atoms with Crippen molar-refractivity contribution in [2.45, 2.75) is 51.0 Å². The summed E-state index contributed by atoms with van der Waals surface area (Å²) in [6.45, 7) is 6.58. The van der Waals surface area contributed by atoms with E-state index in [1.54, 1.807) is 13.3 Å². The number of hydrogen-bond donors (Lipinski definition) is 3. The molecule has 0 saturated heterocycles. The van der Waals surface area contributed by atoms with Crippen molar-refractivity contribution in [1.82, 2.24) is 25.7 Å². The van der Waals surface area contributed by atoms with Crippen LogP contribution in [0.15, 0.2) is 65.0 Å². The molecule has 1 aliphatic carbocycles. The van der Waals surface area contributed by atoms with Gasteiger partial charge in [-0.3, -0.25) is 4.99 Å². The van der Waals surface area contributed by atoms with Crippen molar-refractivity contribution >= 4 is 23.7 Å². The molecule has 0 radical (unpaired) electrons. The lowest BCUT2D eigenvalue weighted by molar-refractivity contribution is 0.277. The number of methoxy groups -OCH3 is 1. The fourth-order valence-electron chi connectivity index (χ4n) is 5.18. The third-order valence-electron chi connectivity index (χ3n) is 7.07. The molecule has 0 aliphatic heterocycles. The molecule has 1 saturated carbocycles. The Balaban J connectivity index is 1.41. The number of benzene rings is 1. The van der Waals surface area contributed by atoms with Crippen LogP contribution in [0.5, 0.6) is 0 Å². The van der Waals surface area contributed by atoms with E-state index in [4.69, 9.17) is 10.5 Å². The molecule has 0 spiro atoms. The van der Waals surface area contributed by atoms with Gasteiger partial charge in [-0.05, 0) is 87.1 Å². The minimum atomic E-state index is 0.151. The number of aliphatic imine (C=N–C) groups is 1. The summed E-state index contributed by atoms with van der Waals surface area (Å²) in [4.78, 5) is 8.14. The second-order valence-corrected chi connectivity index (χ2v) is 9.15. The number of aromatic nitrogens is 4. The minimum absolute atomic E-state index is 0.151. The first-order valence-corrected chi connectivity index (χ1v) is 12.2. The zero-order valence-corrected chi connectivity index (χ0v) is 20.6. The van der Waals surface area contributed by atoms with E-state index in [-0.39, 0.29) is 5.92 Å². The van der Waals surface area contributed by atoms with E-state index < -0.39 is 0 Å². The maximum atomic E-state index is 6.11. The van der Waals surface area contributed by atoms with E-state index in [1.165, 1.54) is 11.1 Å². The van der Waals surface area contributed by atoms with E-state index in [2.05, 4.69) is 68.6 Å². The van der Waals surface area contributed by atoms with E-state index in [0.29, 0.717) is 23.4 Å². The number of nitrogens with zero attached hydrogens (tertiary/aromatic N) is 4. The molecule has 184 valence electrons. The lowest BCUT2D eigenvalue weighted by Crippen LogP contribution is -2.34. The number of allylic oxidation sites excluding steroid dienone is 2. The summed E-state index contributed by atoms with van der Waals surface area (Å²) >= 11 is 0. The highest BCUT2D eigenvalue weighted by atomic mass is 16.5. The van der Waals surface area contributed by atoms with E-state index in [1.807, 2.05) is 18.2 Å². The van der Waals surface area contributed by atoms with E-state index in [9.17, 15) is 0 Å². The van der Waals surface area contributed by atoms with Crippen LogP contribution in [0.3, 0.4) is 0 Å². The fourth-order valence-corrected chi connectivity index (χ4v) is 5.18. The minimum Gasteiger partial charge on any atom is -0.497 e. The lowest BCUT2D eigenvalue weighted by Gasteiger charge is -2.31. The molecular weight excluding hydrogens is 438 g/mol. The third kappa shape index (κ3) is 5.95. The van der Waals surface area contributed by atoms with Gasteiger partial charge in [0.1, 0.15) is 17.1 Å². The van der Waals surface area contributed by atoms with Gasteiger partial charge in [-0.1, -0.05) is 35.5 Å². The SMILES string of the molecule is C=N/C=C\C(OC)=C(/C)[C@H]1CC[C@H](NCCC(c2ccccc2)c2cc(N)nc3[nH]nnc23)CC1. The lowest BCUT2D eigenvalue weighted by atomic mass is 9.81. The van der Waals surface area contributed by atoms with Gasteiger partial charge in [0.15, 0.2) is 5.65 Å². The number of pyridine rings is 1. The van der Waals surface area contributed by atoms with E-state index >= 15 is 0 Å². The van der Waals surface area contributed by atoms with Gasteiger partial charge in [0.05, 0.1) is 7.11 Å². The van der Waals surface area contributed by atoms with Crippen molar-refractivity contribution in [2.24, 2.45) is 10.9 Å². The van der Waals surface area contributed by atoms with Crippen molar-refractivity contribution in [3.8, 4) is 0 Å². The number of aromatic amines is 1. The predicted molar refractivity (Wildman–Crippen MR) is 141 cm³/mol. The van der Waals surface area contributed by atoms with Gasteiger partial charge in [-0.2, -0.15) is 0 Å². The monoisotopic (exact) mass is 473 g/mol. The summed E-state index contributed by atoms with van der Waals surface area (Å²) < 4.78 is 5.57. The van der Waals surface area contributed by atoms with Crippen LogP contribution in [0, 0.1) is 5.92 Å². The van der Waals surface area contributed by atoms with Crippen LogP contribution in [0.25, 0.3) is 11.2 Å². The number of ether oxygens (including phenoxy) is 1. The number of fused-ring (bicyclic) bond motifs is 1. The molecule has 8 nitrogen and oxygen atoms in total. The highest BCUT2D eigenvalue weighted by Gasteiger charge is 2.25. The molecule has 8 heteroatoms. The smallest absolute Gasteiger partial charge is 0.178 e. The second-order valence-electron chi connectivity index (χ2n) is 9.15. The van der Waals surface area contributed by atoms with Gasteiger partial charge in [0, 0.05) is 18.2 Å². The van der Waals surface area contributed by atoms with Gasteiger partial charge in [0.2, 0.25) is 0 Å². The number of nitrogens with one attached hydrogen (secondary N) is 2. The summed E-state index contributed by atoms with van der Waals surface area (Å²) in [5.74, 6) is 2.06. The summed E-state index contributed by atoms with van der Waals surface area (Å²) in [5.41, 5.74) is 11.1. The number of nitrogens with two attached hydrogens (primary N) is 1. The van der Waals surface area contributed by atoms with Gasteiger partial charge in [-0.15, -0.1) is 5.10 Å². The second kappa shape index (κ2) is 11.8. The Kier molecular flexibility index (Phi) is 8.26. The summed E-state index contributed by atoms with van der Waals surface area (Å²) in [7, 11) is 1.71. The molecule has 0 bridgehead atoms. The van der Waals surface area contributed by atoms with E-state index in [0.717, 1.165) is 55.5 Å². The molecule has 35 heavy (non-hydrogen) atoms. The first-order valence-electron chi connectivity index (χ1n) is 12.2. The molecule has 3 aromatic rings. The summed E-state index contributed by atoms with van der Waals surface area (Å²) in [6.07, 6.45) is 9.10. The molecule has 1 atom stereocenters. The van der Waals surface area contributed by atoms with Gasteiger partial charge >= 0.3 is 0 Å². The van der Waals surface area contributed by atoms with Crippen LogP contribution in [0.1, 0.15) is 56.1 Å². The Morgan fingerprint density at radius 2 is 2.06 bits per heavy atom. The molecule has 1 aliphatic rings. The molecule has 4 N–H and O–H groups in total. The van der Waals surface area contributed by atoms with Crippen molar-refractivity contribution < 1.29 is 4.74 Å². The zero-order valence-electron chi connectivity index (χ0n) is 20.6. The van der Waals surface area contributed by atoms with Crippen LogP contribution in [-0.4, -0.2) is 46.8 Å².